The van der Waals surface area contributed by atoms with Crippen LogP contribution < -0.4 is 16.2 Å². The summed E-state index contributed by atoms with van der Waals surface area (Å²) < 4.78 is 1.64. The van der Waals surface area contributed by atoms with Crippen molar-refractivity contribution in [2.75, 3.05) is 6.61 Å². The number of carbonyl (C=O) groups excluding carboxylic acids is 1. The van der Waals surface area contributed by atoms with Crippen molar-refractivity contribution in [1.29, 1.82) is 0 Å². The molecule has 1 aromatic heterocycles. The van der Waals surface area contributed by atoms with Gasteiger partial charge in [0.05, 0.1) is 6.54 Å². The summed E-state index contributed by atoms with van der Waals surface area (Å²) in [5.74, 6) is 0. The van der Waals surface area contributed by atoms with Crippen LogP contribution in [-0.2, 0) is 13.1 Å². The van der Waals surface area contributed by atoms with Crippen LogP contribution >= 0.6 is 0 Å². The Labute approximate surface area is 141 Å². The Hall–Kier alpha value is -2.60. The van der Waals surface area contributed by atoms with Gasteiger partial charge in [0.25, 0.3) is 5.56 Å². The molecule has 3 N–H and O–H groups in total. The van der Waals surface area contributed by atoms with E-state index >= 15 is 0 Å². The van der Waals surface area contributed by atoms with Gasteiger partial charge in [0.1, 0.15) is 0 Å². The third-order valence-electron chi connectivity index (χ3n) is 3.67. The van der Waals surface area contributed by atoms with Crippen molar-refractivity contribution in [2.24, 2.45) is 0 Å². The van der Waals surface area contributed by atoms with E-state index in [0.717, 1.165) is 11.1 Å². The Morgan fingerprint density at radius 2 is 1.88 bits per heavy atom. The number of benzene rings is 1. The minimum Gasteiger partial charge on any atom is -0.396 e. The van der Waals surface area contributed by atoms with Crippen molar-refractivity contribution < 1.29 is 9.90 Å². The molecule has 0 saturated heterocycles. The summed E-state index contributed by atoms with van der Waals surface area (Å²) in [7, 11) is 0. The number of hydrogen-bond acceptors (Lipinski definition) is 3. The van der Waals surface area contributed by atoms with E-state index in [4.69, 9.17) is 5.11 Å². The number of amides is 2. The molecule has 0 saturated carbocycles. The highest BCUT2D eigenvalue weighted by atomic mass is 16.3. The molecule has 24 heavy (non-hydrogen) atoms. The second kappa shape index (κ2) is 8.88. The van der Waals surface area contributed by atoms with Crippen molar-refractivity contribution in [1.82, 2.24) is 15.2 Å². The van der Waals surface area contributed by atoms with Gasteiger partial charge < -0.3 is 20.3 Å². The summed E-state index contributed by atoms with van der Waals surface area (Å²) in [6.45, 7) is 2.83. The first-order valence-corrected chi connectivity index (χ1v) is 7.97. The average molecular weight is 329 g/mol. The number of rotatable bonds is 7. The second-order valence-electron chi connectivity index (χ2n) is 5.72. The maximum Gasteiger partial charge on any atom is 0.315 e. The standard InChI is InChI=1S/C18H23N3O3/c1-14(9-11-22)20-18(24)19-12-15-5-7-16(8-6-15)13-21-10-3-2-4-17(21)23/h2-8,10,14,22H,9,11-13H2,1H3,(H2,19,20,24)/t14-/m1/s1. The number of aliphatic hydroxyl groups excluding tert-OH is 1. The lowest BCUT2D eigenvalue weighted by Crippen LogP contribution is -2.40. The predicted octanol–water partition coefficient (Wildman–Crippen LogP) is 1.47. The van der Waals surface area contributed by atoms with Crippen molar-refractivity contribution in [3.8, 4) is 0 Å². The molecule has 0 aliphatic rings. The molecule has 6 heteroatoms. The van der Waals surface area contributed by atoms with Gasteiger partial charge in [-0.2, -0.15) is 0 Å². The molecule has 0 bridgehead atoms. The lowest BCUT2D eigenvalue weighted by Gasteiger charge is -2.13. The number of pyridine rings is 1. The number of aromatic nitrogens is 1. The molecule has 2 rings (SSSR count). The molecule has 0 spiro atoms. The first kappa shape index (κ1) is 17.7. The lowest BCUT2D eigenvalue weighted by molar-refractivity contribution is 0.230. The molecule has 128 valence electrons. The normalized spacial score (nSPS) is 11.8. The van der Waals surface area contributed by atoms with E-state index in [-0.39, 0.29) is 24.2 Å². The molecule has 1 atom stereocenters. The van der Waals surface area contributed by atoms with Crippen LogP contribution in [0.4, 0.5) is 4.79 Å². The largest absolute Gasteiger partial charge is 0.396 e. The van der Waals surface area contributed by atoms with Gasteiger partial charge in [0.15, 0.2) is 0 Å². The Morgan fingerprint density at radius 1 is 1.17 bits per heavy atom. The van der Waals surface area contributed by atoms with Gasteiger partial charge in [-0.15, -0.1) is 0 Å². The number of hydrogen-bond donors (Lipinski definition) is 3. The third kappa shape index (κ3) is 5.55. The van der Waals surface area contributed by atoms with Crippen LogP contribution in [0.25, 0.3) is 0 Å². The fourth-order valence-corrected chi connectivity index (χ4v) is 2.27. The summed E-state index contributed by atoms with van der Waals surface area (Å²) in [4.78, 5) is 23.4. The summed E-state index contributed by atoms with van der Waals surface area (Å²) >= 11 is 0. The highest BCUT2D eigenvalue weighted by Gasteiger charge is 2.06. The summed E-state index contributed by atoms with van der Waals surface area (Å²) in [6, 6.07) is 12.5. The predicted molar refractivity (Wildman–Crippen MR) is 92.8 cm³/mol. The summed E-state index contributed by atoms with van der Waals surface area (Å²) in [5.41, 5.74) is 1.97. The van der Waals surface area contributed by atoms with Crippen molar-refractivity contribution in [2.45, 2.75) is 32.5 Å². The molecular formula is C18H23N3O3. The zero-order chi connectivity index (χ0) is 17.4. The SMILES string of the molecule is C[C@H](CCO)NC(=O)NCc1ccc(Cn2ccccc2=O)cc1. The van der Waals surface area contributed by atoms with Crippen molar-refractivity contribution in [3.05, 3.63) is 70.1 Å². The maximum atomic E-state index is 11.7. The molecule has 0 aliphatic heterocycles. The molecule has 2 aromatic rings. The molecule has 0 unspecified atom stereocenters. The lowest BCUT2D eigenvalue weighted by atomic mass is 10.1. The highest BCUT2D eigenvalue weighted by molar-refractivity contribution is 5.74. The smallest absolute Gasteiger partial charge is 0.315 e. The molecule has 0 radical (unpaired) electrons. The molecule has 0 aliphatic carbocycles. The van der Waals surface area contributed by atoms with E-state index in [0.29, 0.717) is 19.5 Å². The first-order chi connectivity index (χ1) is 11.6. The van der Waals surface area contributed by atoms with E-state index in [1.54, 1.807) is 16.8 Å². The van der Waals surface area contributed by atoms with E-state index in [1.165, 1.54) is 6.07 Å². The van der Waals surface area contributed by atoms with Gasteiger partial charge >= 0.3 is 6.03 Å². The zero-order valence-electron chi connectivity index (χ0n) is 13.7. The molecule has 1 heterocycles. The molecule has 2 amide bonds. The van der Waals surface area contributed by atoms with Crippen molar-refractivity contribution in [3.63, 3.8) is 0 Å². The Kier molecular flexibility index (Phi) is 6.57. The number of nitrogens with one attached hydrogen (secondary N) is 2. The maximum absolute atomic E-state index is 11.7. The van der Waals surface area contributed by atoms with Crippen molar-refractivity contribution >= 4 is 6.03 Å². The van der Waals surface area contributed by atoms with Crippen LogP contribution in [0, 0.1) is 0 Å². The Balaban J connectivity index is 1.85. The number of nitrogens with zero attached hydrogens (tertiary/aromatic N) is 1. The first-order valence-electron chi connectivity index (χ1n) is 7.97. The fourth-order valence-electron chi connectivity index (χ4n) is 2.27. The minimum absolute atomic E-state index is 0.0306. The Bertz CT molecular complexity index is 710. The molecular weight excluding hydrogens is 306 g/mol. The van der Waals surface area contributed by atoms with Gasteiger partial charge in [-0.1, -0.05) is 30.3 Å². The van der Waals surface area contributed by atoms with Crippen LogP contribution in [0.15, 0.2) is 53.5 Å². The van der Waals surface area contributed by atoms with Gasteiger partial charge in [0.2, 0.25) is 0 Å². The minimum atomic E-state index is -0.254. The van der Waals surface area contributed by atoms with Gasteiger partial charge in [-0.3, -0.25) is 4.79 Å². The Morgan fingerprint density at radius 3 is 2.54 bits per heavy atom. The molecule has 6 nitrogen and oxygen atoms in total. The number of aliphatic hydroxyl groups is 1. The molecule has 1 aromatic carbocycles. The zero-order valence-corrected chi connectivity index (χ0v) is 13.7. The average Bonchev–Trinajstić information content (AvgIpc) is 2.56. The van der Waals surface area contributed by atoms with Gasteiger partial charge in [-0.05, 0) is 30.5 Å². The van der Waals surface area contributed by atoms with Gasteiger partial charge in [-0.25, -0.2) is 4.79 Å². The van der Waals surface area contributed by atoms with E-state index in [9.17, 15) is 9.59 Å². The number of carbonyl (C=O) groups is 1. The molecule has 0 fully saturated rings. The second-order valence-corrected chi connectivity index (χ2v) is 5.72. The topological polar surface area (TPSA) is 83.4 Å². The van der Waals surface area contributed by atoms with Crippen LogP contribution in [0.5, 0.6) is 0 Å². The summed E-state index contributed by atoms with van der Waals surface area (Å²) in [5, 5.41) is 14.3. The van der Waals surface area contributed by atoms with Crippen LogP contribution in [0.1, 0.15) is 24.5 Å². The van der Waals surface area contributed by atoms with Gasteiger partial charge in [0, 0.05) is 31.5 Å². The van der Waals surface area contributed by atoms with Crippen LogP contribution in [0.2, 0.25) is 0 Å². The van der Waals surface area contributed by atoms with Crippen LogP contribution in [-0.4, -0.2) is 28.4 Å². The third-order valence-corrected chi connectivity index (χ3v) is 3.67. The fraction of sp³-hybridized carbons (Fsp3) is 0.333. The van der Waals surface area contributed by atoms with Crippen LogP contribution in [0.3, 0.4) is 0 Å². The van der Waals surface area contributed by atoms with E-state index < -0.39 is 0 Å². The number of urea groups is 1. The summed E-state index contributed by atoms with van der Waals surface area (Å²) in [6.07, 6.45) is 2.29. The highest BCUT2D eigenvalue weighted by Crippen LogP contribution is 2.05. The quantitative estimate of drug-likeness (QED) is 0.719. The van der Waals surface area contributed by atoms with E-state index in [2.05, 4.69) is 10.6 Å². The monoisotopic (exact) mass is 329 g/mol. The van der Waals surface area contributed by atoms with E-state index in [1.807, 2.05) is 37.3 Å².